The van der Waals surface area contributed by atoms with Crippen LogP contribution >= 0.6 is 0 Å². The van der Waals surface area contributed by atoms with E-state index in [0.29, 0.717) is 0 Å². The Balaban J connectivity index is 1.41. The lowest BCUT2D eigenvalue weighted by molar-refractivity contribution is 1.49. The van der Waals surface area contributed by atoms with Gasteiger partial charge in [-0.1, -0.05) is 158 Å². The van der Waals surface area contributed by atoms with Gasteiger partial charge in [-0.05, 0) is 46.5 Å². The molecule has 0 fully saturated rings. The summed E-state index contributed by atoms with van der Waals surface area (Å²) >= 11 is 0. The average molecular weight is 565 g/mol. The van der Waals surface area contributed by atoms with Gasteiger partial charge in [0.25, 0.3) is 0 Å². The summed E-state index contributed by atoms with van der Waals surface area (Å²) in [4.78, 5) is 0. The molecule has 0 amide bonds. The molecule has 2 nitrogen and oxygen atoms in total. The normalized spacial score (nSPS) is 10.7. The Morgan fingerprint density at radius 1 is 0.227 bits per heavy atom. The summed E-state index contributed by atoms with van der Waals surface area (Å²) < 4.78 is 0. The highest BCUT2D eigenvalue weighted by atomic mass is 14.9. The predicted octanol–water partition coefficient (Wildman–Crippen LogP) is 11.8. The highest BCUT2D eigenvalue weighted by molar-refractivity contribution is 5.96. The van der Waals surface area contributed by atoms with Crippen LogP contribution in [0.4, 0.5) is 22.7 Å². The Kier molecular flexibility index (Phi) is 7.71. The van der Waals surface area contributed by atoms with Crippen LogP contribution in [0.15, 0.2) is 182 Å². The Morgan fingerprint density at radius 3 is 0.841 bits per heavy atom. The van der Waals surface area contributed by atoms with Crippen molar-refractivity contribution in [3.8, 4) is 44.5 Å². The zero-order valence-corrected chi connectivity index (χ0v) is 24.3. The molecule has 210 valence electrons. The van der Waals surface area contributed by atoms with E-state index < -0.39 is 0 Å². The van der Waals surface area contributed by atoms with Crippen molar-refractivity contribution in [3.05, 3.63) is 182 Å². The third kappa shape index (κ3) is 5.74. The molecule has 0 radical (unpaired) electrons. The number of hydrogen-bond donors (Lipinski definition) is 2. The number of anilines is 4. The molecule has 0 aliphatic rings. The van der Waals surface area contributed by atoms with Crippen molar-refractivity contribution < 1.29 is 0 Å². The quantitative estimate of drug-likeness (QED) is 0.192. The Morgan fingerprint density at radius 2 is 0.500 bits per heavy atom. The maximum atomic E-state index is 3.85. The Hall–Kier alpha value is -5.86. The molecule has 2 N–H and O–H groups in total. The molecule has 2 heteroatoms. The molecule has 0 aromatic heterocycles. The van der Waals surface area contributed by atoms with Gasteiger partial charge in [-0.2, -0.15) is 0 Å². The SMILES string of the molecule is c1ccc(-c2ccccc2Nc2cc(-c3ccccc3)c(Nc3ccccc3-c3ccccc3)cc2-c2ccccc2)cc1. The second kappa shape index (κ2) is 12.6. The van der Waals surface area contributed by atoms with E-state index in [9.17, 15) is 0 Å². The van der Waals surface area contributed by atoms with Crippen LogP contribution in [0.2, 0.25) is 0 Å². The smallest absolute Gasteiger partial charge is 0.0471 e. The molecule has 44 heavy (non-hydrogen) atoms. The summed E-state index contributed by atoms with van der Waals surface area (Å²) in [6, 6.07) is 63.9. The van der Waals surface area contributed by atoms with Crippen molar-refractivity contribution in [2.75, 3.05) is 10.6 Å². The van der Waals surface area contributed by atoms with E-state index in [4.69, 9.17) is 0 Å². The fourth-order valence-corrected chi connectivity index (χ4v) is 5.73. The number of benzene rings is 7. The van der Waals surface area contributed by atoms with E-state index in [1.165, 1.54) is 11.1 Å². The molecule has 0 aliphatic heterocycles. The molecule has 0 bridgehead atoms. The second-order valence-corrected chi connectivity index (χ2v) is 10.7. The molecular formula is C42H32N2. The van der Waals surface area contributed by atoms with E-state index in [1.54, 1.807) is 0 Å². The van der Waals surface area contributed by atoms with Crippen LogP contribution in [0.3, 0.4) is 0 Å². The second-order valence-electron chi connectivity index (χ2n) is 10.7. The lowest BCUT2D eigenvalue weighted by Gasteiger charge is -2.22. The van der Waals surface area contributed by atoms with Crippen molar-refractivity contribution in [2.24, 2.45) is 0 Å². The monoisotopic (exact) mass is 564 g/mol. The fraction of sp³-hybridized carbons (Fsp3) is 0. The van der Waals surface area contributed by atoms with E-state index in [0.717, 1.165) is 56.1 Å². The van der Waals surface area contributed by atoms with Crippen LogP contribution in [0.5, 0.6) is 0 Å². The highest BCUT2D eigenvalue weighted by Gasteiger charge is 2.16. The lowest BCUT2D eigenvalue weighted by atomic mass is 9.95. The first kappa shape index (κ1) is 27.0. The van der Waals surface area contributed by atoms with Gasteiger partial charge in [0, 0.05) is 45.0 Å². The first-order valence-electron chi connectivity index (χ1n) is 15.0. The van der Waals surface area contributed by atoms with Gasteiger partial charge in [0.1, 0.15) is 0 Å². The van der Waals surface area contributed by atoms with Crippen LogP contribution in [-0.2, 0) is 0 Å². The van der Waals surface area contributed by atoms with Gasteiger partial charge in [-0.15, -0.1) is 0 Å². The third-order valence-electron chi connectivity index (χ3n) is 7.89. The van der Waals surface area contributed by atoms with Crippen molar-refractivity contribution in [1.82, 2.24) is 0 Å². The van der Waals surface area contributed by atoms with Gasteiger partial charge in [-0.3, -0.25) is 0 Å². The van der Waals surface area contributed by atoms with Gasteiger partial charge in [0.15, 0.2) is 0 Å². The Bertz CT molecular complexity index is 1840. The third-order valence-corrected chi connectivity index (χ3v) is 7.89. The Labute approximate surface area is 259 Å². The molecule has 0 unspecified atom stereocenters. The molecule has 0 heterocycles. The average Bonchev–Trinajstić information content (AvgIpc) is 3.11. The first-order valence-corrected chi connectivity index (χ1v) is 15.0. The molecule has 7 aromatic rings. The van der Waals surface area contributed by atoms with Crippen molar-refractivity contribution in [3.63, 3.8) is 0 Å². The minimum absolute atomic E-state index is 1.04. The zero-order valence-electron chi connectivity index (χ0n) is 24.3. The fourth-order valence-electron chi connectivity index (χ4n) is 5.73. The minimum atomic E-state index is 1.04. The number of para-hydroxylation sites is 2. The molecule has 7 aromatic carbocycles. The molecule has 0 atom stereocenters. The standard InChI is InChI=1S/C42H32N2/c1-5-17-31(18-6-1)35-25-13-15-27-39(35)43-41-29-38(34-23-11-4-12-24-34)42(30-37(41)33-21-9-3-10-22-33)44-40-28-16-14-26-36(40)32-19-7-2-8-20-32/h1-30,43-44H. The molecule has 0 spiro atoms. The summed E-state index contributed by atoms with van der Waals surface area (Å²) in [7, 11) is 0. The van der Waals surface area contributed by atoms with Crippen LogP contribution < -0.4 is 10.6 Å². The van der Waals surface area contributed by atoms with Crippen molar-refractivity contribution in [1.29, 1.82) is 0 Å². The maximum Gasteiger partial charge on any atom is 0.0471 e. The summed E-state index contributed by atoms with van der Waals surface area (Å²) in [6.07, 6.45) is 0. The van der Waals surface area contributed by atoms with Crippen LogP contribution in [0, 0.1) is 0 Å². The predicted molar refractivity (Wildman–Crippen MR) is 188 cm³/mol. The minimum Gasteiger partial charge on any atom is -0.354 e. The summed E-state index contributed by atoms with van der Waals surface area (Å²) in [6.45, 7) is 0. The number of nitrogens with one attached hydrogen (secondary N) is 2. The van der Waals surface area contributed by atoms with Gasteiger partial charge in [0.05, 0.1) is 0 Å². The molecule has 0 saturated carbocycles. The van der Waals surface area contributed by atoms with Crippen LogP contribution in [-0.4, -0.2) is 0 Å². The van der Waals surface area contributed by atoms with E-state index in [2.05, 4.69) is 193 Å². The lowest BCUT2D eigenvalue weighted by Crippen LogP contribution is -2.01. The van der Waals surface area contributed by atoms with E-state index in [-0.39, 0.29) is 0 Å². The molecule has 0 saturated heterocycles. The van der Waals surface area contributed by atoms with Gasteiger partial charge >= 0.3 is 0 Å². The summed E-state index contributed by atoms with van der Waals surface area (Å²) in [5.74, 6) is 0. The van der Waals surface area contributed by atoms with E-state index >= 15 is 0 Å². The largest absolute Gasteiger partial charge is 0.354 e. The van der Waals surface area contributed by atoms with Gasteiger partial charge in [-0.25, -0.2) is 0 Å². The van der Waals surface area contributed by atoms with Crippen LogP contribution in [0.1, 0.15) is 0 Å². The summed E-state index contributed by atoms with van der Waals surface area (Å²) in [5, 5.41) is 7.70. The van der Waals surface area contributed by atoms with Crippen molar-refractivity contribution >= 4 is 22.7 Å². The molecular weight excluding hydrogens is 532 g/mol. The first-order chi connectivity index (χ1) is 21.8. The van der Waals surface area contributed by atoms with Gasteiger partial charge in [0.2, 0.25) is 0 Å². The highest BCUT2D eigenvalue weighted by Crippen LogP contribution is 2.43. The topological polar surface area (TPSA) is 24.1 Å². The summed E-state index contributed by atoms with van der Waals surface area (Å²) in [5.41, 5.74) is 13.4. The zero-order chi connectivity index (χ0) is 29.6. The van der Waals surface area contributed by atoms with Crippen LogP contribution in [0.25, 0.3) is 44.5 Å². The van der Waals surface area contributed by atoms with Crippen molar-refractivity contribution in [2.45, 2.75) is 0 Å². The van der Waals surface area contributed by atoms with Gasteiger partial charge < -0.3 is 10.6 Å². The maximum absolute atomic E-state index is 3.85. The van der Waals surface area contributed by atoms with E-state index in [1.807, 2.05) is 0 Å². The number of hydrogen-bond acceptors (Lipinski definition) is 2. The molecule has 0 aliphatic carbocycles. The number of rotatable bonds is 8. The molecule has 7 rings (SSSR count).